The number of aromatic nitrogens is 2. The Morgan fingerprint density at radius 3 is 2.20 bits per heavy atom. The van der Waals surface area contributed by atoms with Gasteiger partial charge in [-0.3, -0.25) is 23.9 Å². The van der Waals surface area contributed by atoms with E-state index >= 15 is 0 Å². The van der Waals surface area contributed by atoms with E-state index in [-0.39, 0.29) is 18.8 Å². The molecule has 1 aliphatic heterocycles. The highest BCUT2D eigenvalue weighted by molar-refractivity contribution is 6.13. The molecule has 208 valence electrons. The normalized spacial score (nSPS) is 20.7. The van der Waals surface area contributed by atoms with Crippen LogP contribution in [0.4, 0.5) is 0 Å². The van der Waals surface area contributed by atoms with E-state index in [0.29, 0.717) is 27.8 Å². The third-order valence-corrected chi connectivity index (χ3v) is 7.70. The van der Waals surface area contributed by atoms with Crippen molar-refractivity contribution in [2.24, 2.45) is 0 Å². The number of nitrogens with one attached hydrogen (secondary N) is 1. The minimum atomic E-state index is -1.17. The number of aromatic amines is 1. The van der Waals surface area contributed by atoms with Crippen LogP contribution in [0.3, 0.4) is 0 Å². The molecule has 0 radical (unpaired) electrons. The Kier molecular flexibility index (Phi) is 6.76. The average Bonchev–Trinajstić information content (AvgIpc) is 3.37. The van der Waals surface area contributed by atoms with Crippen LogP contribution in [0, 0.1) is 6.92 Å². The number of benzene rings is 3. The van der Waals surface area contributed by atoms with E-state index in [1.54, 1.807) is 19.1 Å². The van der Waals surface area contributed by atoms with Gasteiger partial charge in [-0.15, -0.1) is 0 Å². The maximum Gasteiger partial charge on any atom is 0.330 e. The minimum absolute atomic E-state index is 0.0305. The molecule has 0 bridgehead atoms. The largest absolute Gasteiger partial charge is 0.460 e. The number of carbonyl (C=O) groups is 2. The molecule has 0 saturated carbocycles. The SMILES string of the molecule is CC(=O)O[C@H]1C[C@H](n2cc(C)c(=O)[nH]c2=O)O[C@@H]1COC1(c2ccccc2)c2ccccc2C(=O)c2ccccc21. The van der Waals surface area contributed by atoms with Gasteiger partial charge >= 0.3 is 11.7 Å². The fraction of sp³-hybridized carbons (Fsp3) is 0.250. The molecule has 6 rings (SSSR count). The quantitative estimate of drug-likeness (QED) is 0.363. The van der Waals surface area contributed by atoms with E-state index in [4.69, 9.17) is 14.2 Å². The summed E-state index contributed by atoms with van der Waals surface area (Å²) in [5.74, 6) is -0.583. The first-order valence-electron chi connectivity index (χ1n) is 13.4. The molecule has 1 aromatic heterocycles. The summed E-state index contributed by atoms with van der Waals surface area (Å²) in [6.45, 7) is 2.88. The van der Waals surface area contributed by atoms with E-state index in [0.717, 1.165) is 5.56 Å². The van der Waals surface area contributed by atoms with E-state index in [9.17, 15) is 19.2 Å². The number of hydrogen-bond acceptors (Lipinski definition) is 7. The number of fused-ring (bicyclic) bond motifs is 2. The second-order valence-corrected chi connectivity index (χ2v) is 10.3. The smallest absolute Gasteiger partial charge is 0.330 e. The first-order chi connectivity index (χ1) is 19.8. The van der Waals surface area contributed by atoms with Gasteiger partial charge in [-0.25, -0.2) is 4.79 Å². The monoisotopic (exact) mass is 552 g/mol. The number of aryl methyl sites for hydroxylation is 1. The second kappa shape index (κ2) is 10.4. The molecule has 4 aromatic rings. The Labute approximate surface area is 235 Å². The summed E-state index contributed by atoms with van der Waals surface area (Å²) in [5.41, 5.74) is 1.35. The van der Waals surface area contributed by atoms with Gasteiger partial charge in [0.05, 0.1) is 6.61 Å². The maximum absolute atomic E-state index is 13.5. The summed E-state index contributed by atoms with van der Waals surface area (Å²) in [6, 6.07) is 24.4. The highest BCUT2D eigenvalue weighted by Gasteiger charge is 2.48. The summed E-state index contributed by atoms with van der Waals surface area (Å²) in [5, 5.41) is 0. The number of ketones is 1. The second-order valence-electron chi connectivity index (χ2n) is 10.3. The Morgan fingerprint density at radius 2 is 1.56 bits per heavy atom. The maximum atomic E-state index is 13.5. The number of esters is 1. The molecule has 2 aliphatic rings. The predicted molar refractivity (Wildman–Crippen MR) is 149 cm³/mol. The van der Waals surface area contributed by atoms with Crippen molar-refractivity contribution in [3.63, 3.8) is 0 Å². The topological polar surface area (TPSA) is 117 Å². The summed E-state index contributed by atoms with van der Waals surface area (Å²) < 4.78 is 20.1. The van der Waals surface area contributed by atoms with Gasteiger partial charge in [0, 0.05) is 47.4 Å². The van der Waals surface area contributed by atoms with Crippen molar-refractivity contribution in [2.75, 3.05) is 6.61 Å². The lowest BCUT2D eigenvalue weighted by atomic mass is 9.70. The third kappa shape index (κ3) is 4.53. The first kappa shape index (κ1) is 26.6. The molecule has 2 heterocycles. The molecule has 0 spiro atoms. The van der Waals surface area contributed by atoms with Gasteiger partial charge in [0.2, 0.25) is 0 Å². The number of nitrogens with zero attached hydrogens (tertiary/aromatic N) is 1. The highest BCUT2D eigenvalue weighted by Crippen LogP contribution is 2.47. The highest BCUT2D eigenvalue weighted by atomic mass is 16.6. The predicted octanol–water partition coefficient (Wildman–Crippen LogP) is 3.62. The molecular weight excluding hydrogens is 524 g/mol. The fourth-order valence-electron chi connectivity index (χ4n) is 5.85. The van der Waals surface area contributed by atoms with Crippen LogP contribution in [0.15, 0.2) is 94.6 Å². The Hall–Kier alpha value is -4.60. The molecule has 9 nitrogen and oxygen atoms in total. The third-order valence-electron chi connectivity index (χ3n) is 7.70. The number of rotatable bonds is 6. The van der Waals surface area contributed by atoms with Crippen LogP contribution in [0.1, 0.15) is 57.7 Å². The van der Waals surface area contributed by atoms with Crippen LogP contribution in [0.25, 0.3) is 0 Å². The number of carbonyl (C=O) groups excluding carboxylic acids is 2. The van der Waals surface area contributed by atoms with Crippen molar-refractivity contribution < 1.29 is 23.8 Å². The molecule has 1 aliphatic carbocycles. The van der Waals surface area contributed by atoms with Crippen molar-refractivity contribution in [2.45, 2.75) is 44.3 Å². The Balaban J connectivity index is 1.43. The number of hydrogen-bond donors (Lipinski definition) is 1. The lowest BCUT2D eigenvalue weighted by Crippen LogP contribution is -2.42. The van der Waals surface area contributed by atoms with Crippen molar-refractivity contribution in [3.8, 4) is 0 Å². The lowest BCUT2D eigenvalue weighted by molar-refractivity contribution is -0.153. The van der Waals surface area contributed by atoms with Gasteiger partial charge in [-0.05, 0) is 12.5 Å². The zero-order valence-electron chi connectivity index (χ0n) is 22.5. The lowest BCUT2D eigenvalue weighted by Gasteiger charge is -2.41. The van der Waals surface area contributed by atoms with Crippen LogP contribution in [0.2, 0.25) is 0 Å². The van der Waals surface area contributed by atoms with Crippen LogP contribution >= 0.6 is 0 Å². The Morgan fingerprint density at radius 1 is 0.951 bits per heavy atom. The standard InChI is InChI=1S/C32H28N2O7/c1-19-17-34(31(38)33-30(19)37)28-16-26(40-20(2)35)27(41-28)18-39-32(21-10-4-3-5-11-21)24-14-8-6-12-22(24)29(36)23-13-7-9-15-25(23)32/h3-15,17,26-28H,16,18H2,1-2H3,(H,33,37,38)/t26-,27+,28+/m0/s1. The summed E-state index contributed by atoms with van der Waals surface area (Å²) in [4.78, 5) is 52.4. The molecular formula is C32H28N2O7. The van der Waals surface area contributed by atoms with E-state index in [1.807, 2.05) is 66.7 Å². The van der Waals surface area contributed by atoms with E-state index in [1.165, 1.54) is 17.7 Å². The van der Waals surface area contributed by atoms with Gasteiger partial charge in [-0.2, -0.15) is 0 Å². The van der Waals surface area contributed by atoms with Gasteiger partial charge < -0.3 is 14.2 Å². The molecule has 3 atom stereocenters. The van der Waals surface area contributed by atoms with E-state index < -0.39 is 41.3 Å². The molecule has 1 fully saturated rings. The number of H-pyrrole nitrogens is 1. The number of ether oxygens (including phenoxy) is 3. The molecule has 0 amide bonds. The summed E-state index contributed by atoms with van der Waals surface area (Å²) >= 11 is 0. The zero-order valence-corrected chi connectivity index (χ0v) is 22.5. The zero-order chi connectivity index (χ0) is 28.7. The van der Waals surface area contributed by atoms with Crippen LogP contribution in [-0.4, -0.2) is 40.1 Å². The summed E-state index contributed by atoms with van der Waals surface area (Å²) in [6.07, 6.45) is -0.648. The first-order valence-corrected chi connectivity index (χ1v) is 13.4. The molecule has 3 aromatic carbocycles. The fourth-order valence-corrected chi connectivity index (χ4v) is 5.85. The van der Waals surface area contributed by atoms with Crippen LogP contribution in [0.5, 0.6) is 0 Å². The Bertz CT molecular complexity index is 1710. The molecule has 41 heavy (non-hydrogen) atoms. The van der Waals surface area contributed by atoms with Crippen molar-refractivity contribution in [1.29, 1.82) is 0 Å². The summed E-state index contributed by atoms with van der Waals surface area (Å²) in [7, 11) is 0. The van der Waals surface area contributed by atoms with Crippen molar-refractivity contribution in [3.05, 3.63) is 139 Å². The van der Waals surface area contributed by atoms with Crippen molar-refractivity contribution in [1.82, 2.24) is 9.55 Å². The van der Waals surface area contributed by atoms with Gasteiger partial charge in [0.1, 0.15) is 24.0 Å². The van der Waals surface area contributed by atoms with Gasteiger partial charge in [0.15, 0.2) is 5.78 Å². The molecule has 1 N–H and O–H groups in total. The molecule has 9 heteroatoms. The minimum Gasteiger partial charge on any atom is -0.460 e. The molecule has 0 unspecified atom stereocenters. The van der Waals surface area contributed by atoms with Crippen molar-refractivity contribution >= 4 is 11.8 Å². The van der Waals surface area contributed by atoms with Gasteiger partial charge in [0.25, 0.3) is 5.56 Å². The average molecular weight is 553 g/mol. The van der Waals surface area contributed by atoms with Crippen LogP contribution in [-0.2, 0) is 24.6 Å². The molecule has 1 saturated heterocycles. The van der Waals surface area contributed by atoms with Gasteiger partial charge in [-0.1, -0.05) is 78.9 Å². The van der Waals surface area contributed by atoms with Crippen LogP contribution < -0.4 is 11.2 Å². The van der Waals surface area contributed by atoms with E-state index in [2.05, 4.69) is 4.98 Å².